The highest BCUT2D eigenvalue weighted by Gasteiger charge is 2.35. The number of halogens is 3. The lowest BCUT2D eigenvalue weighted by atomic mass is 9.85. The molecule has 0 aliphatic heterocycles. The highest BCUT2D eigenvalue weighted by Crippen LogP contribution is 2.41. The van der Waals surface area contributed by atoms with Crippen LogP contribution < -0.4 is 4.74 Å². The van der Waals surface area contributed by atoms with Crippen molar-refractivity contribution in [3.8, 4) is 5.75 Å². The Labute approximate surface area is 177 Å². The fourth-order valence-corrected chi connectivity index (χ4v) is 3.27. The SMILES string of the molecule is O=C=O.[2H]C([2H])(Oc1ccc(CC)cc1C)C1=C(c2ccc(Cl)cc2)CCC(F)(F)C1. The molecular weight excluding hydrogens is 398 g/mol. The normalized spacial score (nSPS) is 16.7. The first-order chi connectivity index (χ1) is 14.5. The summed E-state index contributed by atoms with van der Waals surface area (Å²) in [4.78, 5) is 16.2. The standard InChI is InChI=1S/C22H23ClF2O.CO2/c1-3-16-4-9-21(15(2)12-16)26-14-18-13-22(24,25)11-10-20(18)17-5-7-19(23)8-6-17;2-1-3/h4-9,12H,3,10-11,13-14H2,1-2H3;/i14D2;. The fraction of sp³-hybridized carbons (Fsp3) is 0.348. The maximum absolute atomic E-state index is 14.2. The third kappa shape index (κ3) is 6.52. The van der Waals surface area contributed by atoms with Crippen molar-refractivity contribution < 1.29 is 25.8 Å². The lowest BCUT2D eigenvalue weighted by molar-refractivity contribution is -0.191. The number of carbonyl (C=O) groups excluding carboxylic acids is 2. The van der Waals surface area contributed by atoms with Crippen LogP contribution in [-0.2, 0) is 16.0 Å². The Hall–Kier alpha value is -2.49. The number of allylic oxidation sites excluding steroid dienone is 1. The van der Waals surface area contributed by atoms with Crippen LogP contribution in [0.15, 0.2) is 48.0 Å². The second-order valence-corrected chi connectivity index (χ2v) is 7.17. The molecule has 0 bridgehead atoms. The van der Waals surface area contributed by atoms with Gasteiger partial charge in [-0.15, -0.1) is 0 Å². The monoisotopic (exact) mass is 422 g/mol. The van der Waals surface area contributed by atoms with Crippen LogP contribution in [0.5, 0.6) is 5.75 Å². The summed E-state index contributed by atoms with van der Waals surface area (Å²) in [7, 11) is 0. The van der Waals surface area contributed by atoms with Crippen molar-refractivity contribution in [1.82, 2.24) is 0 Å². The number of rotatable bonds is 5. The number of benzene rings is 2. The van der Waals surface area contributed by atoms with E-state index in [1.54, 1.807) is 30.3 Å². The Balaban J connectivity index is 0.00000107. The van der Waals surface area contributed by atoms with Crippen molar-refractivity contribution in [3.63, 3.8) is 0 Å². The van der Waals surface area contributed by atoms with Gasteiger partial charge in [0.05, 0.1) is 2.74 Å². The predicted molar refractivity (Wildman–Crippen MR) is 108 cm³/mol. The molecule has 154 valence electrons. The maximum atomic E-state index is 14.2. The van der Waals surface area contributed by atoms with Gasteiger partial charge in [-0.3, -0.25) is 0 Å². The third-order valence-corrected chi connectivity index (χ3v) is 4.92. The Morgan fingerprint density at radius 3 is 2.45 bits per heavy atom. The smallest absolute Gasteiger partial charge is 0.373 e. The Kier molecular flexibility index (Phi) is 7.06. The molecule has 2 aromatic rings. The van der Waals surface area contributed by atoms with Crippen LogP contribution in [0.25, 0.3) is 5.57 Å². The minimum atomic E-state index is -2.96. The summed E-state index contributed by atoms with van der Waals surface area (Å²) in [6.07, 6.45) is 0.214. The van der Waals surface area contributed by atoms with E-state index in [2.05, 4.69) is 0 Å². The predicted octanol–water partition coefficient (Wildman–Crippen LogP) is 6.28. The van der Waals surface area contributed by atoms with E-state index in [0.29, 0.717) is 21.9 Å². The zero-order valence-electron chi connectivity index (χ0n) is 18.2. The molecule has 6 heteroatoms. The summed E-state index contributed by atoms with van der Waals surface area (Å²) in [6.45, 7) is 1.51. The van der Waals surface area contributed by atoms with E-state index in [1.165, 1.54) is 0 Å². The van der Waals surface area contributed by atoms with Crippen molar-refractivity contribution in [3.05, 3.63) is 69.8 Å². The molecule has 0 amide bonds. The van der Waals surface area contributed by atoms with Gasteiger partial charge in [0.1, 0.15) is 12.3 Å². The van der Waals surface area contributed by atoms with Gasteiger partial charge in [0.2, 0.25) is 0 Å². The molecule has 0 radical (unpaired) electrons. The zero-order valence-corrected chi connectivity index (χ0v) is 17.0. The van der Waals surface area contributed by atoms with Gasteiger partial charge in [0.25, 0.3) is 5.92 Å². The second kappa shape index (κ2) is 10.3. The summed E-state index contributed by atoms with van der Waals surface area (Å²) < 4.78 is 51.0. The van der Waals surface area contributed by atoms with Crippen molar-refractivity contribution in [1.29, 1.82) is 0 Å². The minimum Gasteiger partial charge on any atom is -0.489 e. The van der Waals surface area contributed by atoms with E-state index in [0.717, 1.165) is 17.5 Å². The van der Waals surface area contributed by atoms with E-state index in [4.69, 9.17) is 28.7 Å². The first-order valence-corrected chi connectivity index (χ1v) is 9.55. The first kappa shape index (κ1) is 19.8. The van der Waals surface area contributed by atoms with Gasteiger partial charge in [-0.05, 0) is 65.8 Å². The Morgan fingerprint density at radius 2 is 1.86 bits per heavy atom. The van der Waals surface area contributed by atoms with Crippen LogP contribution in [0, 0.1) is 6.92 Å². The van der Waals surface area contributed by atoms with E-state index in [-0.39, 0.29) is 24.6 Å². The molecule has 0 saturated carbocycles. The maximum Gasteiger partial charge on any atom is 0.373 e. The number of alkyl halides is 2. The Bertz CT molecular complexity index is 983. The summed E-state index contributed by atoms with van der Waals surface area (Å²) >= 11 is 5.94. The van der Waals surface area contributed by atoms with Gasteiger partial charge in [0.15, 0.2) is 0 Å². The molecule has 3 rings (SSSR count). The molecule has 29 heavy (non-hydrogen) atoms. The molecular formula is C23H23ClF2O3. The first-order valence-electron chi connectivity index (χ1n) is 10.2. The van der Waals surface area contributed by atoms with Gasteiger partial charge in [0, 0.05) is 17.9 Å². The van der Waals surface area contributed by atoms with Crippen molar-refractivity contribution >= 4 is 23.3 Å². The van der Waals surface area contributed by atoms with Crippen molar-refractivity contribution in [2.75, 3.05) is 6.56 Å². The van der Waals surface area contributed by atoms with Crippen LogP contribution in [0.3, 0.4) is 0 Å². The molecule has 3 nitrogen and oxygen atoms in total. The van der Waals surface area contributed by atoms with Gasteiger partial charge < -0.3 is 4.74 Å². The van der Waals surface area contributed by atoms with Gasteiger partial charge >= 0.3 is 6.15 Å². The van der Waals surface area contributed by atoms with Crippen LogP contribution >= 0.6 is 11.6 Å². The third-order valence-electron chi connectivity index (χ3n) is 4.66. The fourth-order valence-electron chi connectivity index (χ4n) is 3.14. The highest BCUT2D eigenvalue weighted by atomic mass is 35.5. The molecule has 0 atom stereocenters. The van der Waals surface area contributed by atoms with Gasteiger partial charge in [-0.2, -0.15) is 9.59 Å². The molecule has 0 N–H and O–H groups in total. The minimum absolute atomic E-state index is 0.00922. The molecule has 0 aromatic heterocycles. The largest absolute Gasteiger partial charge is 0.489 e. The molecule has 0 heterocycles. The molecule has 0 saturated heterocycles. The summed E-state index contributed by atoms with van der Waals surface area (Å²) in [6, 6.07) is 12.3. The average molecular weight is 423 g/mol. The van der Waals surface area contributed by atoms with Gasteiger partial charge in [-0.25, -0.2) is 8.78 Å². The molecule has 0 spiro atoms. The molecule has 0 unspecified atom stereocenters. The zero-order chi connectivity index (χ0) is 23.2. The number of hydrogen-bond acceptors (Lipinski definition) is 3. The summed E-state index contributed by atoms with van der Waals surface area (Å²) in [5.41, 5.74) is 3.14. The lowest BCUT2D eigenvalue weighted by Gasteiger charge is -2.28. The number of aryl methyl sites for hydroxylation is 2. The van der Waals surface area contributed by atoms with Crippen LogP contribution in [0.4, 0.5) is 8.78 Å². The molecule has 1 aliphatic carbocycles. The van der Waals surface area contributed by atoms with Gasteiger partial charge in [-0.1, -0.05) is 42.8 Å². The molecule has 0 fully saturated rings. The second-order valence-electron chi connectivity index (χ2n) is 6.74. The Morgan fingerprint density at radius 1 is 1.21 bits per heavy atom. The van der Waals surface area contributed by atoms with Crippen LogP contribution in [0.2, 0.25) is 5.02 Å². The quantitative estimate of drug-likeness (QED) is 0.569. The van der Waals surface area contributed by atoms with Crippen molar-refractivity contribution in [2.24, 2.45) is 0 Å². The van der Waals surface area contributed by atoms with E-state index in [1.807, 2.05) is 26.0 Å². The topological polar surface area (TPSA) is 43.4 Å². The summed E-state index contributed by atoms with van der Waals surface area (Å²) in [5.74, 6) is -2.60. The average Bonchev–Trinajstić information content (AvgIpc) is 2.70. The highest BCUT2D eigenvalue weighted by molar-refractivity contribution is 6.30. The lowest BCUT2D eigenvalue weighted by Crippen LogP contribution is -2.24. The molecule has 2 aromatic carbocycles. The van der Waals surface area contributed by atoms with E-state index in [9.17, 15) is 8.78 Å². The van der Waals surface area contributed by atoms with Crippen molar-refractivity contribution in [2.45, 2.75) is 45.5 Å². The number of ether oxygens (including phenoxy) is 1. The summed E-state index contributed by atoms with van der Waals surface area (Å²) in [5, 5.41) is 0.540. The van der Waals surface area contributed by atoms with E-state index >= 15 is 0 Å². The molecule has 1 aliphatic rings. The van der Waals surface area contributed by atoms with E-state index < -0.39 is 18.9 Å². The van der Waals surface area contributed by atoms with Crippen LogP contribution in [-0.4, -0.2) is 18.6 Å². The number of hydrogen-bond donors (Lipinski definition) is 0. The van der Waals surface area contributed by atoms with Crippen LogP contribution in [0.1, 0.15) is 45.6 Å².